The van der Waals surface area contributed by atoms with E-state index in [9.17, 15) is 9.59 Å². The lowest BCUT2D eigenvalue weighted by Crippen LogP contribution is -2.16. The number of anilines is 3. The van der Waals surface area contributed by atoms with Crippen molar-refractivity contribution >= 4 is 29.0 Å². The van der Waals surface area contributed by atoms with Gasteiger partial charge < -0.3 is 16.0 Å². The summed E-state index contributed by atoms with van der Waals surface area (Å²) < 4.78 is 0. The highest BCUT2D eigenvalue weighted by Crippen LogP contribution is 2.26. The molecule has 29 heavy (non-hydrogen) atoms. The molecule has 0 saturated heterocycles. The Kier molecular flexibility index (Phi) is 5.20. The van der Waals surface area contributed by atoms with E-state index in [0.717, 1.165) is 18.4 Å². The normalized spacial score (nSPS) is 12.9. The molecule has 4 rings (SSSR count). The molecular weight excluding hydrogens is 366 g/mol. The van der Waals surface area contributed by atoms with E-state index < -0.39 is 0 Å². The zero-order chi connectivity index (χ0) is 20.2. The van der Waals surface area contributed by atoms with Crippen molar-refractivity contribution in [1.82, 2.24) is 9.97 Å². The van der Waals surface area contributed by atoms with Gasteiger partial charge >= 0.3 is 0 Å². The van der Waals surface area contributed by atoms with Crippen LogP contribution in [0.25, 0.3) is 11.4 Å². The van der Waals surface area contributed by atoms with Crippen LogP contribution in [-0.2, 0) is 4.79 Å². The number of hydrogen-bond acceptors (Lipinski definition) is 5. The summed E-state index contributed by atoms with van der Waals surface area (Å²) in [5.41, 5.74) is 2.41. The molecule has 1 aliphatic carbocycles. The summed E-state index contributed by atoms with van der Waals surface area (Å²) in [6.45, 7) is 1.45. The lowest BCUT2D eigenvalue weighted by Gasteiger charge is -2.11. The first kappa shape index (κ1) is 18.6. The SMILES string of the molecule is CC(=O)Nc1ccc(NC(=O)c2cc(NC3CC3)nc(-c3ccccc3)n2)cc1. The van der Waals surface area contributed by atoms with Crippen LogP contribution in [0.2, 0.25) is 0 Å². The van der Waals surface area contributed by atoms with Gasteiger partial charge in [-0.1, -0.05) is 30.3 Å². The molecule has 0 radical (unpaired) electrons. The summed E-state index contributed by atoms with van der Waals surface area (Å²) in [6, 6.07) is 18.6. The van der Waals surface area contributed by atoms with E-state index in [0.29, 0.717) is 29.1 Å². The van der Waals surface area contributed by atoms with E-state index in [4.69, 9.17) is 0 Å². The molecular formula is C22H21N5O2. The molecule has 1 aromatic heterocycles. The average molecular weight is 387 g/mol. The van der Waals surface area contributed by atoms with Crippen molar-refractivity contribution in [3.63, 3.8) is 0 Å². The Balaban J connectivity index is 1.57. The fourth-order valence-corrected chi connectivity index (χ4v) is 2.83. The minimum absolute atomic E-state index is 0.146. The summed E-state index contributed by atoms with van der Waals surface area (Å²) in [5, 5.41) is 8.88. The lowest BCUT2D eigenvalue weighted by molar-refractivity contribution is -0.114. The van der Waals surface area contributed by atoms with E-state index >= 15 is 0 Å². The number of nitrogens with zero attached hydrogens (tertiary/aromatic N) is 2. The molecule has 2 aromatic carbocycles. The number of nitrogens with one attached hydrogen (secondary N) is 3. The predicted molar refractivity (Wildman–Crippen MR) is 113 cm³/mol. The fourth-order valence-electron chi connectivity index (χ4n) is 2.83. The van der Waals surface area contributed by atoms with Crippen LogP contribution in [0.3, 0.4) is 0 Å². The summed E-state index contributed by atoms with van der Waals surface area (Å²) in [4.78, 5) is 33.0. The highest BCUT2D eigenvalue weighted by molar-refractivity contribution is 6.03. The Hall–Kier alpha value is -3.74. The summed E-state index contributed by atoms with van der Waals surface area (Å²) in [5.74, 6) is 0.678. The minimum atomic E-state index is -0.323. The van der Waals surface area contributed by atoms with Gasteiger partial charge in [-0.25, -0.2) is 9.97 Å². The van der Waals surface area contributed by atoms with E-state index in [-0.39, 0.29) is 17.5 Å². The van der Waals surface area contributed by atoms with Crippen molar-refractivity contribution in [2.75, 3.05) is 16.0 Å². The van der Waals surface area contributed by atoms with Crippen LogP contribution < -0.4 is 16.0 Å². The van der Waals surface area contributed by atoms with Crippen molar-refractivity contribution in [2.24, 2.45) is 0 Å². The monoisotopic (exact) mass is 387 g/mol. The van der Waals surface area contributed by atoms with Crippen molar-refractivity contribution in [1.29, 1.82) is 0 Å². The van der Waals surface area contributed by atoms with Crippen LogP contribution in [0.1, 0.15) is 30.3 Å². The second kappa shape index (κ2) is 8.10. The molecule has 7 heteroatoms. The van der Waals surface area contributed by atoms with Gasteiger partial charge in [-0.15, -0.1) is 0 Å². The average Bonchev–Trinajstić information content (AvgIpc) is 3.53. The molecule has 0 unspecified atom stereocenters. The number of carbonyl (C=O) groups excluding carboxylic acids is 2. The van der Waals surface area contributed by atoms with Crippen LogP contribution in [0.4, 0.5) is 17.2 Å². The Morgan fingerprint density at radius 2 is 1.55 bits per heavy atom. The highest BCUT2D eigenvalue weighted by atomic mass is 16.2. The molecule has 1 saturated carbocycles. The Bertz CT molecular complexity index is 1030. The number of benzene rings is 2. The first-order valence-electron chi connectivity index (χ1n) is 9.47. The third-order valence-corrected chi connectivity index (χ3v) is 4.38. The molecule has 0 atom stereocenters. The Morgan fingerprint density at radius 1 is 0.897 bits per heavy atom. The molecule has 2 amide bonds. The van der Waals surface area contributed by atoms with Crippen molar-refractivity contribution in [3.8, 4) is 11.4 Å². The molecule has 1 heterocycles. The molecule has 146 valence electrons. The highest BCUT2D eigenvalue weighted by Gasteiger charge is 2.23. The van der Waals surface area contributed by atoms with Gasteiger partial charge in [-0.05, 0) is 37.1 Å². The summed E-state index contributed by atoms with van der Waals surface area (Å²) in [7, 11) is 0. The molecule has 1 aliphatic rings. The van der Waals surface area contributed by atoms with Gasteiger partial charge in [0, 0.05) is 36.0 Å². The standard InChI is InChI=1S/C22H21N5O2/c1-14(28)23-16-7-11-18(12-8-16)25-22(29)19-13-20(24-17-9-10-17)27-21(26-19)15-5-3-2-4-6-15/h2-8,11-13,17H,9-10H2,1H3,(H,23,28)(H,25,29)(H,24,26,27). The van der Waals surface area contributed by atoms with E-state index in [1.807, 2.05) is 30.3 Å². The van der Waals surface area contributed by atoms with E-state index in [2.05, 4.69) is 25.9 Å². The second-order valence-electron chi connectivity index (χ2n) is 6.96. The predicted octanol–water partition coefficient (Wildman–Crippen LogP) is 3.93. The second-order valence-corrected chi connectivity index (χ2v) is 6.96. The van der Waals surface area contributed by atoms with Crippen molar-refractivity contribution < 1.29 is 9.59 Å². The maximum Gasteiger partial charge on any atom is 0.274 e. The van der Waals surface area contributed by atoms with Gasteiger partial charge in [0.05, 0.1) is 0 Å². The van der Waals surface area contributed by atoms with Crippen LogP contribution in [0, 0.1) is 0 Å². The van der Waals surface area contributed by atoms with E-state index in [1.165, 1.54) is 6.92 Å². The zero-order valence-corrected chi connectivity index (χ0v) is 16.0. The Labute approximate surface area is 168 Å². The number of amides is 2. The molecule has 7 nitrogen and oxygen atoms in total. The maximum atomic E-state index is 12.8. The minimum Gasteiger partial charge on any atom is -0.367 e. The number of carbonyl (C=O) groups is 2. The molecule has 1 fully saturated rings. The number of hydrogen-bond donors (Lipinski definition) is 3. The van der Waals surface area contributed by atoms with Gasteiger partial charge in [0.1, 0.15) is 11.5 Å². The van der Waals surface area contributed by atoms with Gasteiger partial charge in [-0.2, -0.15) is 0 Å². The smallest absolute Gasteiger partial charge is 0.274 e. The Morgan fingerprint density at radius 3 is 2.17 bits per heavy atom. The van der Waals surface area contributed by atoms with Crippen LogP contribution in [-0.4, -0.2) is 27.8 Å². The molecule has 3 N–H and O–H groups in total. The number of rotatable bonds is 6. The van der Waals surface area contributed by atoms with Crippen LogP contribution in [0.5, 0.6) is 0 Å². The topological polar surface area (TPSA) is 96.0 Å². The maximum absolute atomic E-state index is 12.8. The van der Waals surface area contributed by atoms with Crippen molar-refractivity contribution in [2.45, 2.75) is 25.8 Å². The molecule has 0 bridgehead atoms. The zero-order valence-electron chi connectivity index (χ0n) is 16.0. The van der Waals surface area contributed by atoms with Gasteiger partial charge in [-0.3, -0.25) is 9.59 Å². The molecule has 0 spiro atoms. The largest absolute Gasteiger partial charge is 0.367 e. The van der Waals surface area contributed by atoms with E-state index in [1.54, 1.807) is 30.3 Å². The third-order valence-electron chi connectivity index (χ3n) is 4.38. The quantitative estimate of drug-likeness (QED) is 0.596. The third kappa shape index (κ3) is 4.95. The fraction of sp³-hybridized carbons (Fsp3) is 0.182. The van der Waals surface area contributed by atoms with Crippen LogP contribution in [0.15, 0.2) is 60.7 Å². The molecule has 3 aromatic rings. The van der Waals surface area contributed by atoms with Crippen molar-refractivity contribution in [3.05, 3.63) is 66.4 Å². The first-order valence-corrected chi connectivity index (χ1v) is 9.47. The van der Waals surface area contributed by atoms with Crippen LogP contribution >= 0.6 is 0 Å². The summed E-state index contributed by atoms with van der Waals surface area (Å²) >= 11 is 0. The lowest BCUT2D eigenvalue weighted by atomic mass is 10.2. The first-order chi connectivity index (χ1) is 14.1. The molecule has 0 aliphatic heterocycles. The van der Waals surface area contributed by atoms with Gasteiger partial charge in [0.25, 0.3) is 5.91 Å². The van der Waals surface area contributed by atoms with Gasteiger partial charge in [0.15, 0.2) is 5.82 Å². The number of aromatic nitrogens is 2. The van der Waals surface area contributed by atoms with Gasteiger partial charge in [0.2, 0.25) is 5.91 Å². The summed E-state index contributed by atoms with van der Waals surface area (Å²) in [6.07, 6.45) is 2.21.